The average Bonchev–Trinajstić information content (AvgIpc) is 3.22. The third kappa shape index (κ3) is 4.01. The maximum atomic E-state index is 12.6. The molecule has 0 spiro atoms. The van der Waals surface area contributed by atoms with Crippen LogP contribution in [0.4, 0.5) is 10.7 Å². The molecule has 3 fully saturated rings. The number of amides is 2. The molecule has 3 aliphatic rings. The Morgan fingerprint density at radius 1 is 1.33 bits per heavy atom. The van der Waals surface area contributed by atoms with Gasteiger partial charge in [-0.3, -0.25) is 0 Å². The molecule has 1 saturated carbocycles. The van der Waals surface area contributed by atoms with E-state index in [1.165, 1.54) is 12.8 Å². The molecule has 0 aromatic carbocycles. The van der Waals surface area contributed by atoms with Crippen LogP contribution < -0.4 is 10.2 Å². The molecule has 3 heterocycles. The molecule has 0 radical (unpaired) electrons. The molecular weight excluding hydrogens is 346 g/mol. The smallest absolute Gasteiger partial charge is 0.317 e. The van der Waals surface area contributed by atoms with Gasteiger partial charge in [0, 0.05) is 39.5 Å². The lowest BCUT2D eigenvalue weighted by atomic mass is 9.80. The Hall–Kier alpha value is -1.93. The summed E-state index contributed by atoms with van der Waals surface area (Å²) in [5.41, 5.74) is 0.676. The maximum absolute atomic E-state index is 12.6. The highest BCUT2D eigenvalue weighted by molar-refractivity contribution is 5.74. The van der Waals surface area contributed by atoms with Crippen LogP contribution in [0.25, 0.3) is 0 Å². The van der Waals surface area contributed by atoms with Crippen molar-refractivity contribution < 1.29 is 14.3 Å². The number of carbonyl (C=O) groups excluding carboxylic acids is 1. The number of ether oxygens (including phenoxy) is 2. The van der Waals surface area contributed by atoms with Gasteiger partial charge in [-0.2, -0.15) is 0 Å². The fraction of sp³-hybridized carbons (Fsp3) is 0.737. The monoisotopic (exact) mass is 375 g/mol. The number of anilines is 1. The van der Waals surface area contributed by atoms with E-state index in [-0.39, 0.29) is 17.7 Å². The fourth-order valence-electron chi connectivity index (χ4n) is 4.00. The van der Waals surface area contributed by atoms with Crippen molar-refractivity contribution in [1.82, 2.24) is 20.2 Å². The van der Waals surface area contributed by atoms with E-state index in [0.717, 1.165) is 44.0 Å². The zero-order valence-corrected chi connectivity index (χ0v) is 16.0. The van der Waals surface area contributed by atoms with Gasteiger partial charge in [0.1, 0.15) is 6.10 Å². The molecule has 1 aromatic heterocycles. The van der Waals surface area contributed by atoms with Crippen molar-refractivity contribution in [3.05, 3.63) is 18.0 Å². The van der Waals surface area contributed by atoms with Gasteiger partial charge >= 0.3 is 6.03 Å². The predicted molar refractivity (Wildman–Crippen MR) is 101 cm³/mol. The van der Waals surface area contributed by atoms with E-state index in [1.54, 1.807) is 13.3 Å². The molecule has 0 bridgehead atoms. The third-order valence-corrected chi connectivity index (χ3v) is 6.00. The molecule has 8 heteroatoms. The van der Waals surface area contributed by atoms with Gasteiger partial charge in [-0.15, -0.1) is 0 Å². The van der Waals surface area contributed by atoms with Crippen LogP contribution in [0.1, 0.15) is 43.9 Å². The first-order valence-electron chi connectivity index (χ1n) is 9.97. The first-order chi connectivity index (χ1) is 13.2. The molecule has 1 atom stereocenters. The maximum Gasteiger partial charge on any atom is 0.317 e. The zero-order chi connectivity index (χ0) is 18.7. The number of hydrogen-bond donors (Lipinski definition) is 1. The van der Waals surface area contributed by atoms with Crippen LogP contribution in [0.15, 0.2) is 12.3 Å². The molecule has 2 aliphatic heterocycles. The van der Waals surface area contributed by atoms with E-state index in [0.29, 0.717) is 26.2 Å². The standard InChI is InChI=1S/C19H29N5O3/c1-26-19(6-4-7-19)14-21-18(25)24-11-12-27-16(13-24)15-5-8-20-17(22-15)23-9-2-3-10-23/h5,8,16H,2-4,6-7,9-14H2,1H3,(H,21,25). The Kier molecular flexibility index (Phi) is 5.45. The van der Waals surface area contributed by atoms with E-state index >= 15 is 0 Å². The zero-order valence-electron chi connectivity index (χ0n) is 16.0. The summed E-state index contributed by atoms with van der Waals surface area (Å²) in [5, 5.41) is 3.04. The SMILES string of the molecule is COC1(CNC(=O)N2CCOC(c3ccnc(N4CCCC4)n3)C2)CCC1. The number of methoxy groups -OCH3 is 1. The molecule has 8 nitrogen and oxygen atoms in total. The van der Waals surface area contributed by atoms with Gasteiger partial charge in [0.05, 0.1) is 24.4 Å². The second-order valence-electron chi connectivity index (χ2n) is 7.68. The summed E-state index contributed by atoms with van der Waals surface area (Å²) in [6, 6.07) is 1.83. The van der Waals surface area contributed by atoms with Crippen LogP contribution >= 0.6 is 0 Å². The quantitative estimate of drug-likeness (QED) is 0.844. The molecule has 4 rings (SSSR count). The van der Waals surface area contributed by atoms with Crippen molar-refractivity contribution >= 4 is 12.0 Å². The normalized spacial score (nSPS) is 24.6. The fourth-order valence-corrected chi connectivity index (χ4v) is 4.00. The third-order valence-electron chi connectivity index (χ3n) is 6.00. The van der Waals surface area contributed by atoms with Crippen molar-refractivity contribution in [2.75, 3.05) is 51.3 Å². The van der Waals surface area contributed by atoms with Crippen LogP contribution in [0.5, 0.6) is 0 Å². The van der Waals surface area contributed by atoms with Crippen LogP contribution in [0.3, 0.4) is 0 Å². The molecule has 1 unspecified atom stereocenters. The lowest BCUT2D eigenvalue weighted by Gasteiger charge is -2.41. The average molecular weight is 375 g/mol. The molecule has 2 saturated heterocycles. The second-order valence-corrected chi connectivity index (χ2v) is 7.68. The van der Waals surface area contributed by atoms with Gasteiger partial charge in [0.15, 0.2) is 0 Å². The van der Waals surface area contributed by atoms with Crippen molar-refractivity contribution in [2.45, 2.75) is 43.8 Å². The minimum atomic E-state index is -0.214. The van der Waals surface area contributed by atoms with E-state index in [1.807, 2.05) is 11.0 Å². The largest absolute Gasteiger partial charge is 0.376 e. The Balaban J connectivity index is 1.36. The van der Waals surface area contributed by atoms with Gasteiger partial charge in [-0.25, -0.2) is 14.8 Å². The number of hydrogen-bond acceptors (Lipinski definition) is 6. The Labute approximate surface area is 160 Å². The summed E-state index contributed by atoms with van der Waals surface area (Å²) >= 11 is 0. The van der Waals surface area contributed by atoms with E-state index in [4.69, 9.17) is 14.5 Å². The van der Waals surface area contributed by atoms with Gasteiger partial charge in [-0.1, -0.05) is 0 Å². The van der Waals surface area contributed by atoms with Crippen LogP contribution in [-0.4, -0.2) is 72.9 Å². The van der Waals surface area contributed by atoms with Crippen LogP contribution in [0, 0.1) is 0 Å². The van der Waals surface area contributed by atoms with Gasteiger partial charge in [0.2, 0.25) is 5.95 Å². The number of morpholine rings is 1. The number of carbonyl (C=O) groups is 1. The number of nitrogens with zero attached hydrogens (tertiary/aromatic N) is 4. The van der Waals surface area contributed by atoms with Crippen molar-refractivity contribution in [3.8, 4) is 0 Å². The summed E-state index contributed by atoms with van der Waals surface area (Å²) in [6.45, 7) is 4.18. The Morgan fingerprint density at radius 3 is 2.85 bits per heavy atom. The van der Waals surface area contributed by atoms with Crippen molar-refractivity contribution in [3.63, 3.8) is 0 Å². The minimum absolute atomic E-state index is 0.0551. The highest BCUT2D eigenvalue weighted by atomic mass is 16.5. The lowest BCUT2D eigenvalue weighted by Crippen LogP contribution is -2.54. The predicted octanol–water partition coefficient (Wildman–Crippen LogP) is 1.73. The van der Waals surface area contributed by atoms with E-state index < -0.39 is 0 Å². The summed E-state index contributed by atoms with van der Waals surface area (Å²) in [7, 11) is 1.73. The topological polar surface area (TPSA) is 79.8 Å². The molecule has 2 amide bonds. The van der Waals surface area contributed by atoms with Crippen molar-refractivity contribution in [2.24, 2.45) is 0 Å². The number of nitrogens with one attached hydrogen (secondary N) is 1. The van der Waals surface area contributed by atoms with Crippen molar-refractivity contribution in [1.29, 1.82) is 0 Å². The van der Waals surface area contributed by atoms with Crippen LogP contribution in [0.2, 0.25) is 0 Å². The highest BCUT2D eigenvalue weighted by Gasteiger charge is 2.38. The molecule has 1 aromatic rings. The molecular formula is C19H29N5O3. The molecule has 148 valence electrons. The van der Waals surface area contributed by atoms with E-state index in [9.17, 15) is 4.79 Å². The second kappa shape index (κ2) is 7.98. The first kappa shape index (κ1) is 18.4. The van der Waals surface area contributed by atoms with Gasteiger partial charge < -0.3 is 24.6 Å². The molecule has 1 aliphatic carbocycles. The summed E-state index contributed by atoms with van der Waals surface area (Å²) in [6.07, 6.45) is 7.13. The Bertz CT molecular complexity index is 655. The van der Waals surface area contributed by atoms with Gasteiger partial charge in [-0.05, 0) is 38.2 Å². The lowest BCUT2D eigenvalue weighted by molar-refractivity contribution is -0.0689. The van der Waals surface area contributed by atoms with E-state index in [2.05, 4.69) is 15.2 Å². The Morgan fingerprint density at radius 2 is 2.15 bits per heavy atom. The molecule has 1 N–H and O–H groups in total. The minimum Gasteiger partial charge on any atom is -0.376 e. The summed E-state index contributed by atoms with van der Waals surface area (Å²) < 4.78 is 11.5. The van der Waals surface area contributed by atoms with Crippen LogP contribution in [-0.2, 0) is 9.47 Å². The summed E-state index contributed by atoms with van der Waals surface area (Å²) in [5.74, 6) is 0.766. The summed E-state index contributed by atoms with van der Waals surface area (Å²) in [4.78, 5) is 25.7. The molecule has 27 heavy (non-hydrogen) atoms. The number of rotatable bonds is 5. The first-order valence-corrected chi connectivity index (χ1v) is 9.97. The number of urea groups is 1. The van der Waals surface area contributed by atoms with Gasteiger partial charge in [0.25, 0.3) is 0 Å². The number of aromatic nitrogens is 2. The highest BCUT2D eigenvalue weighted by Crippen LogP contribution is 2.34.